The summed E-state index contributed by atoms with van der Waals surface area (Å²) in [5, 5.41) is 0.509. The Morgan fingerprint density at radius 2 is 1.86 bits per heavy atom. The predicted molar refractivity (Wildman–Crippen MR) is 116 cm³/mol. The first-order valence-electron chi connectivity index (χ1n) is 8.78. The lowest BCUT2D eigenvalue weighted by Gasteiger charge is -2.17. The highest BCUT2D eigenvalue weighted by molar-refractivity contribution is 9.10. The van der Waals surface area contributed by atoms with Crippen molar-refractivity contribution < 1.29 is 13.2 Å². The molecule has 2 aromatic carbocycles. The number of hydrogen-bond donors (Lipinski definition) is 0. The van der Waals surface area contributed by atoms with Crippen molar-refractivity contribution in [3.8, 4) is 0 Å². The zero-order valence-corrected chi connectivity index (χ0v) is 18.8. The highest BCUT2D eigenvalue weighted by Crippen LogP contribution is 2.40. The van der Waals surface area contributed by atoms with E-state index in [0.717, 1.165) is 21.9 Å². The number of aryl methyl sites for hydroxylation is 1. The minimum Gasteiger partial charge on any atom is -0.288 e. The summed E-state index contributed by atoms with van der Waals surface area (Å²) < 4.78 is 27.1. The molecule has 1 amide bonds. The van der Waals surface area contributed by atoms with Crippen LogP contribution in [0.1, 0.15) is 17.2 Å². The van der Waals surface area contributed by atoms with Gasteiger partial charge in [-0.1, -0.05) is 39.7 Å². The zero-order chi connectivity index (χ0) is 20.9. The van der Waals surface area contributed by atoms with E-state index in [4.69, 9.17) is 11.6 Å². The van der Waals surface area contributed by atoms with E-state index in [2.05, 4.69) is 20.9 Å². The molecular weight excluding hydrogens is 478 g/mol. The van der Waals surface area contributed by atoms with Crippen LogP contribution in [0.2, 0.25) is 5.02 Å². The number of rotatable bonds is 4. The van der Waals surface area contributed by atoms with Crippen molar-refractivity contribution in [3.63, 3.8) is 0 Å². The van der Waals surface area contributed by atoms with Gasteiger partial charge in [0.15, 0.2) is 14.9 Å². The summed E-state index contributed by atoms with van der Waals surface area (Å²) in [7, 11) is -3.57. The summed E-state index contributed by atoms with van der Waals surface area (Å²) in [5.41, 5.74) is 2.36. The average molecular weight is 495 g/mol. The fourth-order valence-corrected chi connectivity index (χ4v) is 4.90. The van der Waals surface area contributed by atoms with E-state index in [1.165, 1.54) is 15.7 Å². The average Bonchev–Trinajstić information content (AvgIpc) is 3.15. The lowest BCUT2D eigenvalue weighted by atomic mass is 10.1. The van der Waals surface area contributed by atoms with Gasteiger partial charge in [0.25, 0.3) is 5.91 Å². The minimum atomic E-state index is -3.57. The largest absolute Gasteiger partial charge is 0.288 e. The topological polar surface area (TPSA) is 72.3 Å². The second kappa shape index (κ2) is 7.27. The number of aromatic nitrogens is 2. The molecule has 2 heterocycles. The molecule has 0 spiro atoms. The third-order valence-corrected chi connectivity index (χ3v) is 6.58. The highest BCUT2D eigenvalue weighted by atomic mass is 79.9. The van der Waals surface area contributed by atoms with Crippen LogP contribution >= 0.6 is 27.5 Å². The summed E-state index contributed by atoms with van der Waals surface area (Å²) in [6, 6.07) is 12.1. The van der Waals surface area contributed by atoms with Crippen molar-refractivity contribution in [2.45, 2.75) is 24.4 Å². The van der Waals surface area contributed by atoms with E-state index < -0.39 is 15.9 Å². The lowest BCUT2D eigenvalue weighted by Crippen LogP contribution is -2.27. The summed E-state index contributed by atoms with van der Waals surface area (Å²) in [4.78, 5) is 19.1. The maximum absolute atomic E-state index is 13.4. The molecule has 4 rings (SSSR count). The predicted octanol–water partition coefficient (Wildman–Crippen LogP) is 4.47. The van der Waals surface area contributed by atoms with Crippen molar-refractivity contribution >= 4 is 54.9 Å². The third-order valence-electron chi connectivity index (χ3n) is 4.77. The van der Waals surface area contributed by atoms with E-state index in [-0.39, 0.29) is 16.9 Å². The van der Waals surface area contributed by atoms with E-state index >= 15 is 0 Å². The number of carbonyl (C=O) groups excluding carboxylic acids is 1. The molecule has 1 unspecified atom stereocenters. The standard InChI is InChI=1S/C20H17BrClN3O3S/c1-12-7-15(22)10-16(8-12)24-19(26)17(9-13-3-5-14(21)6-4-13)25-18(29(2,27)28)11-23-20(24)25/h3-8,10-11,17H,9H2,1-2H3. The zero-order valence-electron chi connectivity index (χ0n) is 15.6. The molecule has 29 heavy (non-hydrogen) atoms. The molecule has 0 bridgehead atoms. The summed E-state index contributed by atoms with van der Waals surface area (Å²) in [6.45, 7) is 1.88. The maximum Gasteiger partial charge on any atom is 0.257 e. The number of sulfone groups is 1. The van der Waals surface area contributed by atoms with Gasteiger partial charge in [0, 0.05) is 22.2 Å². The van der Waals surface area contributed by atoms with Gasteiger partial charge in [0.05, 0.1) is 11.9 Å². The van der Waals surface area contributed by atoms with Crippen molar-refractivity contribution in [2.24, 2.45) is 0 Å². The quantitative estimate of drug-likeness (QED) is 0.536. The SMILES string of the molecule is Cc1cc(Cl)cc(N2C(=O)C(Cc3ccc(Br)cc3)n3c(S(C)(=O)=O)cnc32)c1. The van der Waals surface area contributed by atoms with E-state index in [1.54, 1.807) is 12.1 Å². The molecule has 1 aromatic heterocycles. The van der Waals surface area contributed by atoms with Crippen molar-refractivity contribution in [1.82, 2.24) is 9.55 Å². The smallest absolute Gasteiger partial charge is 0.257 e. The van der Waals surface area contributed by atoms with Gasteiger partial charge in [-0.25, -0.2) is 18.3 Å². The molecule has 0 fully saturated rings. The van der Waals surface area contributed by atoms with E-state index in [1.807, 2.05) is 37.3 Å². The first kappa shape index (κ1) is 20.1. The van der Waals surface area contributed by atoms with Crippen LogP contribution in [-0.4, -0.2) is 30.1 Å². The number of amides is 1. The number of anilines is 2. The van der Waals surface area contributed by atoms with Crippen LogP contribution in [0.4, 0.5) is 11.6 Å². The first-order chi connectivity index (χ1) is 13.6. The Morgan fingerprint density at radius 3 is 2.48 bits per heavy atom. The number of carbonyl (C=O) groups is 1. The second-order valence-corrected chi connectivity index (χ2v) is 10.4. The van der Waals surface area contributed by atoms with Gasteiger partial charge in [-0.15, -0.1) is 0 Å². The fourth-order valence-electron chi connectivity index (χ4n) is 3.54. The van der Waals surface area contributed by atoms with Crippen LogP contribution in [0, 0.1) is 6.92 Å². The van der Waals surface area contributed by atoms with Crippen molar-refractivity contribution in [3.05, 3.63) is 69.3 Å². The summed E-state index contributed by atoms with van der Waals surface area (Å²) in [5.74, 6) is 0.0294. The Kier molecular flexibility index (Phi) is 5.04. The molecule has 3 aromatic rings. The van der Waals surface area contributed by atoms with Crippen LogP contribution < -0.4 is 4.90 Å². The molecular formula is C20H17BrClN3O3S. The molecule has 6 nitrogen and oxygen atoms in total. The number of halogens is 2. The maximum atomic E-state index is 13.4. The van der Waals surface area contributed by atoms with Crippen LogP contribution in [0.25, 0.3) is 0 Å². The van der Waals surface area contributed by atoms with Gasteiger partial charge >= 0.3 is 0 Å². The number of fused-ring (bicyclic) bond motifs is 1. The van der Waals surface area contributed by atoms with Crippen LogP contribution in [0.15, 0.2) is 58.2 Å². The molecule has 0 aliphatic carbocycles. The van der Waals surface area contributed by atoms with Crippen LogP contribution in [0.3, 0.4) is 0 Å². The number of imidazole rings is 1. The number of hydrogen-bond acceptors (Lipinski definition) is 4. The summed E-state index contributed by atoms with van der Waals surface area (Å²) in [6.07, 6.45) is 2.76. The van der Waals surface area contributed by atoms with Gasteiger partial charge in [0.2, 0.25) is 5.95 Å². The molecule has 0 saturated heterocycles. The number of nitrogens with zero attached hydrogens (tertiary/aromatic N) is 3. The van der Waals surface area contributed by atoms with Gasteiger partial charge in [-0.05, 0) is 48.4 Å². The summed E-state index contributed by atoms with van der Waals surface area (Å²) >= 11 is 9.60. The van der Waals surface area contributed by atoms with Gasteiger partial charge in [-0.3, -0.25) is 9.36 Å². The Morgan fingerprint density at radius 1 is 1.17 bits per heavy atom. The third kappa shape index (κ3) is 3.72. The Hall–Kier alpha value is -2.16. The van der Waals surface area contributed by atoms with Gasteiger partial charge in [0.1, 0.15) is 6.04 Å². The molecule has 0 radical (unpaired) electrons. The lowest BCUT2D eigenvalue weighted by molar-refractivity contribution is -0.119. The minimum absolute atomic E-state index is 0.0178. The molecule has 9 heteroatoms. The monoisotopic (exact) mass is 493 g/mol. The number of benzene rings is 2. The second-order valence-electron chi connectivity index (χ2n) is 7.05. The van der Waals surface area contributed by atoms with E-state index in [0.29, 0.717) is 17.1 Å². The Bertz CT molecular complexity index is 1200. The van der Waals surface area contributed by atoms with Crippen LogP contribution in [-0.2, 0) is 21.1 Å². The van der Waals surface area contributed by atoms with Gasteiger partial charge < -0.3 is 0 Å². The Balaban J connectivity index is 1.86. The molecule has 1 atom stereocenters. The van der Waals surface area contributed by atoms with Crippen molar-refractivity contribution in [2.75, 3.05) is 11.2 Å². The fraction of sp³-hybridized carbons (Fsp3) is 0.200. The van der Waals surface area contributed by atoms with E-state index in [9.17, 15) is 13.2 Å². The molecule has 0 saturated carbocycles. The van der Waals surface area contributed by atoms with Crippen molar-refractivity contribution in [1.29, 1.82) is 0 Å². The normalized spacial score (nSPS) is 16.3. The Labute approximate surface area is 182 Å². The first-order valence-corrected chi connectivity index (χ1v) is 11.8. The molecule has 0 N–H and O–H groups in total. The molecule has 150 valence electrons. The molecule has 1 aliphatic rings. The van der Waals surface area contributed by atoms with Gasteiger partial charge in [-0.2, -0.15) is 0 Å². The molecule has 1 aliphatic heterocycles. The highest BCUT2D eigenvalue weighted by Gasteiger charge is 2.42. The van der Waals surface area contributed by atoms with Crippen LogP contribution in [0.5, 0.6) is 0 Å².